The third kappa shape index (κ3) is 1.42. The Morgan fingerprint density at radius 2 is 2.56 bits per heavy atom. The number of likely N-dealkylation sites (N-methyl/N-ethyl adjacent to an activating group) is 1. The molecule has 3 heteroatoms. The Hall–Kier alpha value is -0.570. The number of carbonyl (C=O) groups is 1. The average molecular weight is 129 g/mol. The van der Waals surface area contributed by atoms with Gasteiger partial charge < -0.3 is 10.1 Å². The molecule has 1 unspecified atom stereocenters. The number of ether oxygens (including phenoxy) is 1. The fourth-order valence-corrected chi connectivity index (χ4v) is 0.945. The van der Waals surface area contributed by atoms with Gasteiger partial charge in [-0.25, -0.2) is 0 Å². The zero-order valence-corrected chi connectivity index (χ0v) is 5.52. The zero-order chi connectivity index (χ0) is 6.69. The lowest BCUT2D eigenvalue weighted by Crippen LogP contribution is -2.30. The van der Waals surface area contributed by atoms with E-state index < -0.39 is 0 Å². The Morgan fingerprint density at radius 3 is 3.00 bits per heavy atom. The molecule has 0 aromatic heterocycles. The van der Waals surface area contributed by atoms with Crippen LogP contribution < -0.4 is 5.32 Å². The minimum atomic E-state index is -0.171. The molecule has 9 heavy (non-hydrogen) atoms. The molecule has 3 nitrogen and oxygen atoms in total. The van der Waals surface area contributed by atoms with E-state index in [0.717, 1.165) is 19.4 Å². The van der Waals surface area contributed by atoms with E-state index in [1.165, 1.54) is 0 Å². The molecular formula is C6H11NO2. The summed E-state index contributed by atoms with van der Waals surface area (Å²) in [6.45, 7) is 0.734. The molecule has 0 aromatic carbocycles. The van der Waals surface area contributed by atoms with Crippen LogP contribution in [0.2, 0.25) is 0 Å². The van der Waals surface area contributed by atoms with Crippen molar-refractivity contribution in [2.24, 2.45) is 0 Å². The van der Waals surface area contributed by atoms with E-state index in [9.17, 15) is 4.79 Å². The quantitative estimate of drug-likeness (QED) is 0.537. The van der Waals surface area contributed by atoms with Gasteiger partial charge in [0, 0.05) is 13.7 Å². The van der Waals surface area contributed by atoms with Crippen molar-refractivity contribution in [1.29, 1.82) is 0 Å². The first-order chi connectivity index (χ1) is 4.34. The number of nitrogens with one attached hydrogen (secondary N) is 1. The van der Waals surface area contributed by atoms with E-state index in [1.807, 2.05) is 0 Å². The van der Waals surface area contributed by atoms with Crippen molar-refractivity contribution >= 4 is 5.91 Å². The smallest absolute Gasteiger partial charge is 0.248 e. The summed E-state index contributed by atoms with van der Waals surface area (Å²) in [5, 5.41) is 2.54. The van der Waals surface area contributed by atoms with Gasteiger partial charge in [0.2, 0.25) is 5.91 Å². The van der Waals surface area contributed by atoms with E-state index in [2.05, 4.69) is 5.32 Å². The van der Waals surface area contributed by atoms with E-state index in [1.54, 1.807) is 7.05 Å². The highest BCUT2D eigenvalue weighted by molar-refractivity contribution is 5.80. The summed E-state index contributed by atoms with van der Waals surface area (Å²) in [4.78, 5) is 10.8. The van der Waals surface area contributed by atoms with Gasteiger partial charge >= 0.3 is 0 Å². The van der Waals surface area contributed by atoms with Crippen LogP contribution in [-0.4, -0.2) is 25.7 Å². The van der Waals surface area contributed by atoms with Crippen molar-refractivity contribution in [3.63, 3.8) is 0 Å². The Labute approximate surface area is 54.4 Å². The lowest BCUT2D eigenvalue weighted by Gasteiger charge is -2.05. The molecule has 0 bridgehead atoms. The van der Waals surface area contributed by atoms with Crippen LogP contribution in [0.3, 0.4) is 0 Å². The molecule has 1 rings (SSSR count). The minimum absolute atomic E-state index is 0.00694. The Balaban J connectivity index is 2.32. The van der Waals surface area contributed by atoms with Crippen LogP contribution >= 0.6 is 0 Å². The third-order valence-corrected chi connectivity index (χ3v) is 1.47. The zero-order valence-electron chi connectivity index (χ0n) is 5.52. The molecule has 1 aliphatic heterocycles. The normalized spacial score (nSPS) is 26.1. The summed E-state index contributed by atoms with van der Waals surface area (Å²) in [5.41, 5.74) is 0. The molecule has 1 aliphatic rings. The Bertz CT molecular complexity index is 108. The number of hydrogen-bond acceptors (Lipinski definition) is 2. The highest BCUT2D eigenvalue weighted by atomic mass is 16.5. The molecule has 1 N–H and O–H groups in total. The summed E-state index contributed by atoms with van der Waals surface area (Å²) >= 11 is 0. The molecular weight excluding hydrogens is 118 g/mol. The van der Waals surface area contributed by atoms with Gasteiger partial charge in [-0.2, -0.15) is 0 Å². The van der Waals surface area contributed by atoms with Crippen LogP contribution in [0, 0.1) is 0 Å². The van der Waals surface area contributed by atoms with Gasteiger partial charge in [0.25, 0.3) is 0 Å². The molecule has 0 spiro atoms. The molecule has 0 aliphatic carbocycles. The lowest BCUT2D eigenvalue weighted by molar-refractivity contribution is -0.129. The SMILES string of the molecule is CNC(=O)C1CCCO1. The van der Waals surface area contributed by atoms with Crippen LogP contribution in [0.15, 0.2) is 0 Å². The maximum absolute atomic E-state index is 10.8. The number of carbonyl (C=O) groups excluding carboxylic acids is 1. The maximum Gasteiger partial charge on any atom is 0.248 e. The standard InChI is InChI=1S/C6H11NO2/c1-7-6(8)5-3-2-4-9-5/h5H,2-4H2,1H3,(H,7,8). The van der Waals surface area contributed by atoms with Crippen LogP contribution in [0.1, 0.15) is 12.8 Å². The second-order valence-corrected chi connectivity index (χ2v) is 2.12. The Morgan fingerprint density at radius 1 is 1.78 bits per heavy atom. The number of rotatable bonds is 1. The maximum atomic E-state index is 10.8. The average Bonchev–Trinajstić information content (AvgIpc) is 2.37. The van der Waals surface area contributed by atoms with E-state index in [4.69, 9.17) is 4.74 Å². The molecule has 0 aromatic rings. The van der Waals surface area contributed by atoms with Gasteiger partial charge in [0.15, 0.2) is 0 Å². The summed E-state index contributed by atoms with van der Waals surface area (Å²) < 4.78 is 5.09. The first kappa shape index (κ1) is 6.55. The van der Waals surface area contributed by atoms with Crippen molar-refractivity contribution in [2.45, 2.75) is 18.9 Å². The van der Waals surface area contributed by atoms with Crippen molar-refractivity contribution in [3.05, 3.63) is 0 Å². The molecule has 1 amide bonds. The van der Waals surface area contributed by atoms with Crippen molar-refractivity contribution < 1.29 is 9.53 Å². The van der Waals surface area contributed by atoms with Crippen LogP contribution in [0.25, 0.3) is 0 Å². The largest absolute Gasteiger partial charge is 0.368 e. The van der Waals surface area contributed by atoms with E-state index in [0.29, 0.717) is 0 Å². The van der Waals surface area contributed by atoms with Crippen LogP contribution in [0.5, 0.6) is 0 Å². The summed E-state index contributed by atoms with van der Waals surface area (Å²) in [5.74, 6) is 0.00694. The van der Waals surface area contributed by atoms with Crippen molar-refractivity contribution in [1.82, 2.24) is 5.32 Å². The fourth-order valence-electron chi connectivity index (χ4n) is 0.945. The monoisotopic (exact) mass is 129 g/mol. The molecule has 52 valence electrons. The van der Waals surface area contributed by atoms with Gasteiger partial charge in [-0.15, -0.1) is 0 Å². The van der Waals surface area contributed by atoms with Crippen molar-refractivity contribution in [3.8, 4) is 0 Å². The molecule has 1 atom stereocenters. The lowest BCUT2D eigenvalue weighted by atomic mass is 10.2. The molecule has 1 saturated heterocycles. The second kappa shape index (κ2) is 2.82. The molecule has 0 radical (unpaired) electrons. The first-order valence-electron chi connectivity index (χ1n) is 3.18. The van der Waals surface area contributed by atoms with Gasteiger partial charge in [0.05, 0.1) is 0 Å². The molecule has 0 saturated carbocycles. The van der Waals surface area contributed by atoms with E-state index in [-0.39, 0.29) is 12.0 Å². The number of hydrogen-bond donors (Lipinski definition) is 1. The summed E-state index contributed by atoms with van der Waals surface area (Å²) in [6.07, 6.45) is 1.72. The second-order valence-electron chi connectivity index (χ2n) is 2.12. The van der Waals surface area contributed by atoms with Crippen molar-refractivity contribution in [2.75, 3.05) is 13.7 Å². The van der Waals surface area contributed by atoms with Gasteiger partial charge in [0.1, 0.15) is 6.10 Å². The summed E-state index contributed by atoms with van der Waals surface area (Å²) in [6, 6.07) is 0. The first-order valence-corrected chi connectivity index (χ1v) is 3.18. The molecule has 1 heterocycles. The minimum Gasteiger partial charge on any atom is -0.368 e. The Kier molecular flexibility index (Phi) is 2.05. The summed E-state index contributed by atoms with van der Waals surface area (Å²) in [7, 11) is 1.63. The predicted octanol–water partition coefficient (Wildman–Crippen LogP) is -0.0886. The third-order valence-electron chi connectivity index (χ3n) is 1.47. The predicted molar refractivity (Wildman–Crippen MR) is 33.0 cm³/mol. The van der Waals surface area contributed by atoms with Gasteiger partial charge in [-0.3, -0.25) is 4.79 Å². The highest BCUT2D eigenvalue weighted by Crippen LogP contribution is 2.10. The van der Waals surface area contributed by atoms with Gasteiger partial charge in [-0.1, -0.05) is 0 Å². The molecule has 1 fully saturated rings. The topological polar surface area (TPSA) is 38.3 Å². The van der Waals surface area contributed by atoms with Crippen LogP contribution in [-0.2, 0) is 9.53 Å². The van der Waals surface area contributed by atoms with Gasteiger partial charge in [-0.05, 0) is 12.8 Å². The van der Waals surface area contributed by atoms with Crippen LogP contribution in [0.4, 0.5) is 0 Å². The highest BCUT2D eigenvalue weighted by Gasteiger charge is 2.21. The fraction of sp³-hybridized carbons (Fsp3) is 0.833. The van der Waals surface area contributed by atoms with E-state index >= 15 is 0 Å². The number of amides is 1.